The molecular formula is C71H108O12. The zero-order valence-electron chi connectivity index (χ0n) is 51.1. The molecule has 0 saturated carbocycles. The minimum atomic E-state index is -1.93. The van der Waals surface area contributed by atoms with E-state index in [1.807, 2.05) is 0 Å². The van der Waals surface area contributed by atoms with Crippen LogP contribution in [0.2, 0.25) is 0 Å². The summed E-state index contributed by atoms with van der Waals surface area (Å²) in [5, 5.41) is 31.6. The van der Waals surface area contributed by atoms with Crippen molar-refractivity contribution in [3.63, 3.8) is 0 Å². The van der Waals surface area contributed by atoms with E-state index in [9.17, 15) is 34.5 Å². The van der Waals surface area contributed by atoms with E-state index in [4.69, 9.17) is 23.7 Å². The molecule has 83 heavy (non-hydrogen) atoms. The Bertz CT molecular complexity index is 2050. The second-order valence-electron chi connectivity index (χ2n) is 20.5. The summed E-state index contributed by atoms with van der Waals surface area (Å²) in [5.41, 5.74) is 0. The number of ether oxygens (including phenoxy) is 5. The first-order chi connectivity index (χ1) is 40.6. The molecule has 12 nitrogen and oxygen atoms in total. The average molecular weight is 1150 g/mol. The van der Waals surface area contributed by atoms with Gasteiger partial charge in [-0.25, -0.2) is 4.79 Å². The topological polar surface area (TPSA) is 175 Å². The number of carbonyl (C=O) groups is 4. The smallest absolute Gasteiger partial charge is 0.335 e. The molecule has 0 aliphatic carbocycles. The summed E-state index contributed by atoms with van der Waals surface area (Å²) in [5.74, 6) is -3.27. The summed E-state index contributed by atoms with van der Waals surface area (Å²) in [4.78, 5) is 51.3. The maximum Gasteiger partial charge on any atom is 0.335 e. The highest BCUT2D eigenvalue weighted by atomic mass is 16.7. The number of hydrogen-bond acceptors (Lipinski definition) is 11. The Labute approximate surface area is 501 Å². The number of esters is 3. The zero-order valence-corrected chi connectivity index (χ0v) is 51.1. The van der Waals surface area contributed by atoms with Gasteiger partial charge in [-0.2, -0.15) is 0 Å². The summed E-state index contributed by atoms with van der Waals surface area (Å²) < 4.78 is 28.4. The van der Waals surface area contributed by atoms with Gasteiger partial charge in [0.25, 0.3) is 0 Å². The van der Waals surface area contributed by atoms with Crippen LogP contribution in [0.25, 0.3) is 0 Å². The molecular weight excluding hydrogens is 1040 g/mol. The highest BCUT2D eigenvalue weighted by molar-refractivity contribution is 5.74. The minimum absolute atomic E-state index is 0.0260. The lowest BCUT2D eigenvalue weighted by Crippen LogP contribution is -2.61. The molecule has 1 saturated heterocycles. The molecule has 6 unspecified atom stereocenters. The number of carboxylic acid groups (broad SMARTS) is 1. The summed E-state index contributed by atoms with van der Waals surface area (Å²) in [6, 6.07) is 0. The van der Waals surface area contributed by atoms with Gasteiger partial charge in [-0.15, -0.1) is 0 Å². The lowest BCUT2D eigenvalue weighted by molar-refractivity contribution is -0.301. The molecule has 0 aromatic heterocycles. The molecule has 12 heteroatoms. The number of rotatable bonds is 51. The van der Waals surface area contributed by atoms with Gasteiger partial charge in [-0.1, -0.05) is 211 Å². The van der Waals surface area contributed by atoms with Crippen molar-refractivity contribution in [3.8, 4) is 0 Å². The van der Waals surface area contributed by atoms with Gasteiger partial charge in [0.15, 0.2) is 24.6 Å². The molecule has 1 fully saturated rings. The van der Waals surface area contributed by atoms with Crippen LogP contribution in [-0.4, -0.2) is 89.2 Å². The van der Waals surface area contributed by atoms with Gasteiger partial charge >= 0.3 is 23.9 Å². The molecule has 0 amide bonds. The normalized spacial score (nSPS) is 18.7. The SMILES string of the molecule is CC/C=C\C/C=C\C/C=C\C/C=C\C/C=C\CCCCCC(=O)OCC(COC1OC(C(=O)O)C(O)C(O)C1OC(=O)CCCCCCCC/C=C\C/C=C\C/C=C\C/C=C\CC)OC(=O)CCCC/C=C\C/C=C\C/C=C\C/C=C\CC. The molecule has 0 aromatic rings. The molecule has 0 spiro atoms. The van der Waals surface area contributed by atoms with E-state index in [1.54, 1.807) is 0 Å². The van der Waals surface area contributed by atoms with Crippen molar-refractivity contribution >= 4 is 23.9 Å². The summed E-state index contributed by atoms with van der Waals surface area (Å²) in [7, 11) is 0. The van der Waals surface area contributed by atoms with Gasteiger partial charge in [-0.3, -0.25) is 14.4 Å². The van der Waals surface area contributed by atoms with Crippen molar-refractivity contribution in [1.29, 1.82) is 0 Å². The fourth-order valence-electron chi connectivity index (χ4n) is 8.37. The van der Waals surface area contributed by atoms with Crippen molar-refractivity contribution in [2.45, 2.75) is 250 Å². The van der Waals surface area contributed by atoms with E-state index in [1.165, 1.54) is 0 Å². The second kappa shape index (κ2) is 56.8. The van der Waals surface area contributed by atoms with Gasteiger partial charge in [-0.05, 0) is 141 Å². The van der Waals surface area contributed by atoms with Crippen LogP contribution in [-0.2, 0) is 42.9 Å². The largest absolute Gasteiger partial charge is 0.479 e. The lowest BCUT2D eigenvalue weighted by Gasteiger charge is -2.40. The number of carbonyl (C=O) groups excluding carboxylic acids is 3. The Morgan fingerprint density at radius 3 is 1.13 bits per heavy atom. The van der Waals surface area contributed by atoms with Crippen molar-refractivity contribution < 1.29 is 58.2 Å². The van der Waals surface area contributed by atoms with E-state index in [0.29, 0.717) is 19.3 Å². The highest BCUT2D eigenvalue weighted by Crippen LogP contribution is 2.26. The van der Waals surface area contributed by atoms with E-state index in [0.717, 1.165) is 154 Å². The molecule has 1 aliphatic rings. The monoisotopic (exact) mass is 1150 g/mol. The Balaban J connectivity index is 2.73. The van der Waals surface area contributed by atoms with Gasteiger partial charge in [0.05, 0.1) is 6.61 Å². The molecule has 464 valence electrons. The standard InChI is InChI=1S/C71H108O12/c1-4-7-10-13-16-19-22-25-28-30-32-34-37-39-42-45-48-51-54-57-63(72)79-60-62(81-64(73)58-55-52-49-46-43-40-36-27-24-21-18-15-12-9-6-3)61-80-71-69(67(76)66(75)68(83-71)70(77)78)82-65(74)59-56-53-50-47-44-41-38-35-33-31-29-26-23-20-17-14-11-8-5-2/h7-12,16-21,25-29,32-36,39,42-43,46,62,66-69,71,75-76H,4-6,13-15,22-24,30-31,37-38,40-41,44-45,47-61H2,1-3H3,(H,77,78)/b10-7-,11-8-,12-9-,19-16-,20-17-,21-18-,28-25-,29-26-,34-32-,35-33-,36-27-,42-39-,46-43-. The highest BCUT2D eigenvalue weighted by Gasteiger charge is 2.50. The van der Waals surface area contributed by atoms with Gasteiger partial charge in [0.2, 0.25) is 0 Å². The predicted molar refractivity (Wildman–Crippen MR) is 339 cm³/mol. The molecule has 6 atom stereocenters. The minimum Gasteiger partial charge on any atom is -0.479 e. The maximum atomic E-state index is 13.2. The molecule has 0 radical (unpaired) electrons. The number of aliphatic hydroxyl groups excluding tert-OH is 2. The number of aliphatic carboxylic acids is 1. The molecule has 0 aromatic carbocycles. The fourth-order valence-corrected chi connectivity index (χ4v) is 8.37. The molecule has 0 bridgehead atoms. The first-order valence-electron chi connectivity index (χ1n) is 31.5. The summed E-state index contributed by atoms with van der Waals surface area (Å²) >= 11 is 0. The van der Waals surface area contributed by atoms with E-state index < -0.39 is 67.3 Å². The summed E-state index contributed by atoms with van der Waals surface area (Å²) in [6.45, 7) is 5.58. The van der Waals surface area contributed by atoms with Crippen LogP contribution in [0, 0.1) is 0 Å². The van der Waals surface area contributed by atoms with Crippen molar-refractivity contribution in [2.75, 3.05) is 13.2 Å². The Morgan fingerprint density at radius 2 is 0.723 bits per heavy atom. The van der Waals surface area contributed by atoms with Crippen LogP contribution < -0.4 is 0 Å². The van der Waals surface area contributed by atoms with Crippen LogP contribution in [0.3, 0.4) is 0 Å². The third kappa shape index (κ3) is 46.4. The van der Waals surface area contributed by atoms with Crippen LogP contribution in [0.15, 0.2) is 158 Å². The second-order valence-corrected chi connectivity index (χ2v) is 20.5. The van der Waals surface area contributed by atoms with E-state index in [-0.39, 0.29) is 25.9 Å². The zero-order chi connectivity index (χ0) is 60.3. The van der Waals surface area contributed by atoms with Gasteiger partial charge in [0.1, 0.15) is 18.8 Å². The van der Waals surface area contributed by atoms with Crippen LogP contribution in [0.4, 0.5) is 0 Å². The number of carboxylic acids is 1. The Hall–Kier alpha value is -5.66. The third-order valence-corrected chi connectivity index (χ3v) is 13.1. The van der Waals surface area contributed by atoms with Crippen molar-refractivity contribution in [1.82, 2.24) is 0 Å². The van der Waals surface area contributed by atoms with E-state index in [2.05, 4.69) is 179 Å². The Kier molecular flexibility index (Phi) is 51.6. The third-order valence-electron chi connectivity index (χ3n) is 13.1. The number of unbranched alkanes of at least 4 members (excludes halogenated alkanes) is 11. The van der Waals surface area contributed by atoms with Crippen molar-refractivity contribution in [3.05, 3.63) is 158 Å². The predicted octanol–water partition coefficient (Wildman–Crippen LogP) is 16.9. The molecule has 3 N–H and O–H groups in total. The summed E-state index contributed by atoms with van der Waals surface area (Å²) in [6.07, 6.45) is 70.6. The number of hydrogen-bond donors (Lipinski definition) is 3. The number of allylic oxidation sites excluding steroid dienone is 26. The maximum absolute atomic E-state index is 13.2. The molecule has 1 heterocycles. The lowest BCUT2D eigenvalue weighted by atomic mass is 9.98. The quantitative estimate of drug-likeness (QED) is 0.0228. The first kappa shape index (κ1) is 75.4. The fraction of sp³-hybridized carbons (Fsp3) is 0.577. The molecule has 1 aliphatic heterocycles. The average Bonchev–Trinajstić information content (AvgIpc) is 3.57. The van der Waals surface area contributed by atoms with Crippen LogP contribution in [0.5, 0.6) is 0 Å². The molecule has 1 rings (SSSR count). The van der Waals surface area contributed by atoms with Gasteiger partial charge < -0.3 is 39.0 Å². The van der Waals surface area contributed by atoms with Crippen LogP contribution >= 0.6 is 0 Å². The van der Waals surface area contributed by atoms with E-state index >= 15 is 0 Å². The van der Waals surface area contributed by atoms with Crippen LogP contribution in [0.1, 0.15) is 213 Å². The Morgan fingerprint density at radius 1 is 0.398 bits per heavy atom. The van der Waals surface area contributed by atoms with Crippen molar-refractivity contribution in [2.24, 2.45) is 0 Å². The number of aliphatic hydroxyl groups is 2. The van der Waals surface area contributed by atoms with Gasteiger partial charge in [0, 0.05) is 19.3 Å². The first-order valence-corrected chi connectivity index (χ1v) is 31.5.